The molecule has 0 aliphatic rings. The molecule has 0 amide bonds. The molecule has 1 aromatic rings. The summed E-state index contributed by atoms with van der Waals surface area (Å²) in [6.45, 7) is 6.59. The monoisotopic (exact) mass is 220 g/mol. The Morgan fingerprint density at radius 1 is 1.47 bits per heavy atom. The van der Waals surface area contributed by atoms with Crippen LogP contribution >= 0.6 is 0 Å². The molecule has 0 radical (unpaired) electrons. The molecule has 0 heterocycles. The molecule has 0 fully saturated rings. The van der Waals surface area contributed by atoms with E-state index in [2.05, 4.69) is 37.8 Å². The summed E-state index contributed by atoms with van der Waals surface area (Å²) in [5, 5.41) is 1.44. The van der Waals surface area contributed by atoms with Crippen molar-refractivity contribution < 1.29 is 4.74 Å². The zero-order valence-electron chi connectivity index (χ0n) is 9.70. The lowest BCUT2D eigenvalue weighted by atomic mass is 10.2. The van der Waals surface area contributed by atoms with Crippen molar-refractivity contribution in [3.05, 3.63) is 42.5 Å². The highest BCUT2D eigenvalue weighted by molar-refractivity contribution is 6.33. The molecule has 1 rings (SSSR count). The van der Waals surface area contributed by atoms with Crippen molar-refractivity contribution in [2.75, 3.05) is 0 Å². The molecule has 0 N–H and O–H groups in total. The first kappa shape index (κ1) is 12.2. The van der Waals surface area contributed by atoms with Gasteiger partial charge < -0.3 is 4.74 Å². The maximum absolute atomic E-state index is 5.79. The Balaban J connectivity index is 2.36. The highest BCUT2D eigenvalue weighted by Crippen LogP contribution is 2.05. The molecule has 2 heteroatoms. The summed E-state index contributed by atoms with van der Waals surface area (Å²) in [5.41, 5.74) is 1.34. The van der Waals surface area contributed by atoms with Crippen LogP contribution in [0.25, 0.3) is 0 Å². The molecule has 15 heavy (non-hydrogen) atoms. The number of allylic oxidation sites excluding steroid dienone is 1. The van der Waals surface area contributed by atoms with Crippen molar-refractivity contribution in [3.8, 4) is 0 Å². The number of ether oxygens (including phenoxy) is 1. The quantitative estimate of drug-likeness (QED) is 0.522. The minimum atomic E-state index is 0.323. The highest BCUT2D eigenvalue weighted by atomic mass is 28.1. The van der Waals surface area contributed by atoms with Crippen LogP contribution in [0.1, 0.15) is 25.3 Å². The molecule has 1 unspecified atom stereocenters. The largest absolute Gasteiger partial charge is 0.374 e. The second-order valence-corrected chi connectivity index (χ2v) is 4.99. The average molecular weight is 220 g/mol. The van der Waals surface area contributed by atoms with Gasteiger partial charge in [-0.1, -0.05) is 35.5 Å². The molecule has 0 aliphatic heterocycles. The first-order valence-corrected chi connectivity index (χ1v) is 6.51. The van der Waals surface area contributed by atoms with Crippen LogP contribution < -0.4 is 5.19 Å². The normalized spacial score (nSPS) is 12.6. The summed E-state index contributed by atoms with van der Waals surface area (Å²) < 4.78 is 5.79. The van der Waals surface area contributed by atoms with E-state index in [1.54, 1.807) is 0 Å². The van der Waals surface area contributed by atoms with Crippen LogP contribution in [0, 0.1) is 0 Å². The zero-order valence-corrected chi connectivity index (χ0v) is 11.7. The second-order valence-electron chi connectivity index (χ2n) is 3.91. The highest BCUT2D eigenvalue weighted by Gasteiger charge is 2.02. The average Bonchev–Trinajstić information content (AvgIpc) is 2.25. The van der Waals surface area contributed by atoms with E-state index in [4.69, 9.17) is 4.74 Å². The predicted octanol–water partition coefficient (Wildman–Crippen LogP) is 1.55. The van der Waals surface area contributed by atoms with Crippen LogP contribution in [0.5, 0.6) is 0 Å². The summed E-state index contributed by atoms with van der Waals surface area (Å²) in [6.07, 6.45) is 4.36. The van der Waals surface area contributed by atoms with Gasteiger partial charge in [-0.15, -0.1) is 6.58 Å². The fourth-order valence-corrected chi connectivity index (χ4v) is 1.94. The van der Waals surface area contributed by atoms with E-state index >= 15 is 0 Å². The van der Waals surface area contributed by atoms with Gasteiger partial charge in [0.1, 0.15) is 0 Å². The van der Waals surface area contributed by atoms with Gasteiger partial charge in [-0.2, -0.15) is 0 Å². The molecule has 1 atom stereocenters. The van der Waals surface area contributed by atoms with Crippen molar-refractivity contribution in [3.63, 3.8) is 0 Å². The topological polar surface area (TPSA) is 9.23 Å². The Kier molecular flexibility index (Phi) is 5.36. The van der Waals surface area contributed by atoms with Crippen LogP contribution in [0.4, 0.5) is 0 Å². The molecule has 0 aromatic heterocycles. The molecule has 82 valence electrons. The first-order chi connectivity index (χ1) is 7.24. The standard InChI is InChI=1S/C13H20OSi/c1-3-4-7-11(2)14-10-12-8-5-6-9-13(12)15/h3,5-6,8-9,11H,1,4,7,10H2,2,15H3. The van der Waals surface area contributed by atoms with Gasteiger partial charge in [-0.25, -0.2) is 0 Å². The van der Waals surface area contributed by atoms with E-state index in [1.165, 1.54) is 10.8 Å². The van der Waals surface area contributed by atoms with E-state index in [9.17, 15) is 0 Å². The number of benzene rings is 1. The van der Waals surface area contributed by atoms with Crippen LogP contribution in [-0.4, -0.2) is 16.3 Å². The summed E-state index contributed by atoms with van der Waals surface area (Å²) in [4.78, 5) is 0. The number of hydrogen-bond acceptors (Lipinski definition) is 1. The van der Waals surface area contributed by atoms with Crippen molar-refractivity contribution >= 4 is 15.4 Å². The van der Waals surface area contributed by atoms with E-state index in [0.717, 1.165) is 29.7 Å². The van der Waals surface area contributed by atoms with E-state index in [0.29, 0.717) is 6.10 Å². The fourth-order valence-electron chi connectivity index (χ4n) is 1.44. The van der Waals surface area contributed by atoms with Gasteiger partial charge in [0.2, 0.25) is 0 Å². The van der Waals surface area contributed by atoms with E-state index in [1.807, 2.05) is 6.08 Å². The number of hydrogen-bond donors (Lipinski definition) is 0. The summed E-state index contributed by atoms with van der Waals surface area (Å²) >= 11 is 0. The van der Waals surface area contributed by atoms with E-state index < -0.39 is 0 Å². The van der Waals surface area contributed by atoms with Gasteiger partial charge in [-0.05, 0) is 25.3 Å². The van der Waals surface area contributed by atoms with Gasteiger partial charge >= 0.3 is 0 Å². The Hall–Kier alpha value is -0.863. The molecule has 0 saturated heterocycles. The van der Waals surface area contributed by atoms with Gasteiger partial charge in [0, 0.05) is 10.2 Å². The minimum Gasteiger partial charge on any atom is -0.374 e. The summed E-state index contributed by atoms with van der Waals surface area (Å²) in [7, 11) is 1.09. The lowest BCUT2D eigenvalue weighted by molar-refractivity contribution is 0.0487. The van der Waals surface area contributed by atoms with E-state index in [-0.39, 0.29) is 0 Å². The molecule has 1 aromatic carbocycles. The third-order valence-electron chi connectivity index (χ3n) is 2.56. The Labute approximate surface area is 95.6 Å². The Morgan fingerprint density at radius 2 is 2.20 bits per heavy atom. The molecule has 0 aliphatic carbocycles. The van der Waals surface area contributed by atoms with Crippen LogP contribution in [0.2, 0.25) is 0 Å². The lowest BCUT2D eigenvalue weighted by Gasteiger charge is -2.13. The van der Waals surface area contributed by atoms with Crippen molar-refractivity contribution in [1.82, 2.24) is 0 Å². The van der Waals surface area contributed by atoms with Crippen LogP contribution in [-0.2, 0) is 11.3 Å². The van der Waals surface area contributed by atoms with Crippen LogP contribution in [0.15, 0.2) is 36.9 Å². The molecule has 0 bridgehead atoms. The Bertz CT molecular complexity index is 309. The molecular formula is C13H20OSi. The molecular weight excluding hydrogens is 200 g/mol. The minimum absolute atomic E-state index is 0.323. The Morgan fingerprint density at radius 3 is 2.87 bits per heavy atom. The SMILES string of the molecule is C=CCCC(C)OCc1ccccc1[SiH3]. The lowest BCUT2D eigenvalue weighted by Crippen LogP contribution is -2.14. The predicted molar refractivity (Wildman–Crippen MR) is 69.7 cm³/mol. The van der Waals surface area contributed by atoms with Crippen molar-refractivity contribution in [1.29, 1.82) is 0 Å². The summed E-state index contributed by atoms with van der Waals surface area (Å²) in [6, 6.07) is 8.50. The molecule has 0 spiro atoms. The fraction of sp³-hybridized carbons (Fsp3) is 0.385. The zero-order chi connectivity index (χ0) is 11.1. The first-order valence-electron chi connectivity index (χ1n) is 5.51. The molecule has 0 saturated carbocycles. The number of rotatable bonds is 6. The van der Waals surface area contributed by atoms with Gasteiger partial charge in [0.25, 0.3) is 0 Å². The van der Waals surface area contributed by atoms with Crippen molar-refractivity contribution in [2.45, 2.75) is 32.5 Å². The third-order valence-corrected chi connectivity index (χ3v) is 3.54. The molecule has 1 nitrogen and oxygen atoms in total. The van der Waals surface area contributed by atoms with Gasteiger partial charge in [-0.3, -0.25) is 0 Å². The summed E-state index contributed by atoms with van der Waals surface area (Å²) in [5.74, 6) is 0. The van der Waals surface area contributed by atoms with Crippen LogP contribution in [0.3, 0.4) is 0 Å². The van der Waals surface area contributed by atoms with Gasteiger partial charge in [0.05, 0.1) is 12.7 Å². The maximum Gasteiger partial charge on any atom is 0.0719 e. The second kappa shape index (κ2) is 6.59. The smallest absolute Gasteiger partial charge is 0.0719 e. The third kappa shape index (κ3) is 4.45. The van der Waals surface area contributed by atoms with Gasteiger partial charge in [0.15, 0.2) is 0 Å². The maximum atomic E-state index is 5.79. The van der Waals surface area contributed by atoms with Crippen molar-refractivity contribution in [2.24, 2.45) is 0 Å².